The number of benzene rings is 4. The van der Waals surface area contributed by atoms with Crippen molar-refractivity contribution in [3.63, 3.8) is 0 Å². The molecule has 0 heterocycles. The zero-order chi connectivity index (χ0) is 28.8. The summed E-state index contributed by atoms with van der Waals surface area (Å²) in [6, 6.07) is 9.19. The van der Waals surface area contributed by atoms with Gasteiger partial charge in [0, 0.05) is 0 Å². The lowest BCUT2D eigenvalue weighted by Gasteiger charge is -2.45. The van der Waals surface area contributed by atoms with Crippen LogP contribution in [0.15, 0.2) is 61.7 Å². The standard InChI is InChI=1S/C28H14BF10/c1-3-13-7-5-9-15(11-13)29(16-10-6-8-14(4-2)12-16,17-19(30)23(34)27(38)24(35)20(17)31)18-21(32)25(36)28(39)26(37)22(18)33/h3-12H,1-2H2/q-1. The van der Waals surface area contributed by atoms with Crippen LogP contribution in [0.25, 0.3) is 12.2 Å². The molecular weight excluding hydrogens is 537 g/mol. The van der Waals surface area contributed by atoms with Gasteiger partial charge in [0.15, 0.2) is 34.9 Å². The van der Waals surface area contributed by atoms with Gasteiger partial charge in [-0.3, -0.25) is 0 Å². The Morgan fingerprint density at radius 1 is 0.436 bits per heavy atom. The topological polar surface area (TPSA) is 0 Å². The van der Waals surface area contributed by atoms with Gasteiger partial charge in [-0.25, -0.2) is 43.9 Å². The Labute approximate surface area is 215 Å². The summed E-state index contributed by atoms with van der Waals surface area (Å²) in [5.74, 6) is -25.2. The lowest BCUT2D eigenvalue weighted by atomic mass is 9.12. The predicted octanol–water partition coefficient (Wildman–Crippen LogP) is 5.74. The lowest BCUT2D eigenvalue weighted by Crippen LogP contribution is -2.78. The Hall–Kier alpha value is -4.28. The van der Waals surface area contributed by atoms with Gasteiger partial charge in [0.1, 0.15) is 29.4 Å². The Morgan fingerprint density at radius 3 is 1.00 bits per heavy atom. The van der Waals surface area contributed by atoms with Crippen LogP contribution in [0, 0.1) is 58.2 Å². The summed E-state index contributed by atoms with van der Waals surface area (Å²) in [5.41, 5.74) is -4.44. The average Bonchev–Trinajstić information content (AvgIpc) is 2.96. The van der Waals surface area contributed by atoms with Crippen LogP contribution in [-0.4, -0.2) is 6.15 Å². The Morgan fingerprint density at radius 2 is 0.718 bits per heavy atom. The molecular formula is C28H14BF10-. The first-order valence-electron chi connectivity index (χ1n) is 11.1. The molecule has 0 aliphatic heterocycles. The van der Waals surface area contributed by atoms with Crippen molar-refractivity contribution in [3.8, 4) is 0 Å². The minimum Gasteiger partial charge on any atom is -0.207 e. The first-order chi connectivity index (χ1) is 18.4. The predicted molar refractivity (Wildman–Crippen MR) is 130 cm³/mol. The van der Waals surface area contributed by atoms with E-state index in [4.69, 9.17) is 0 Å². The summed E-state index contributed by atoms with van der Waals surface area (Å²) in [6.07, 6.45) is -2.00. The number of hydrogen-bond donors (Lipinski definition) is 0. The van der Waals surface area contributed by atoms with Gasteiger partial charge in [-0.2, -0.15) is 10.9 Å². The normalized spacial score (nSPS) is 11.5. The Kier molecular flexibility index (Phi) is 7.20. The minimum absolute atomic E-state index is 0.131. The van der Waals surface area contributed by atoms with Crippen molar-refractivity contribution < 1.29 is 43.9 Å². The molecule has 4 aromatic carbocycles. The molecule has 0 radical (unpaired) electrons. The average molecular weight is 551 g/mol. The van der Waals surface area contributed by atoms with Gasteiger partial charge < -0.3 is 0 Å². The molecule has 0 saturated carbocycles. The van der Waals surface area contributed by atoms with Crippen molar-refractivity contribution in [2.24, 2.45) is 0 Å². The monoisotopic (exact) mass is 551 g/mol. The molecule has 0 amide bonds. The van der Waals surface area contributed by atoms with E-state index in [2.05, 4.69) is 13.2 Å². The maximum Gasteiger partial charge on any atom is 0.200 e. The fourth-order valence-electron chi connectivity index (χ4n) is 4.92. The molecule has 0 atom stereocenters. The maximum atomic E-state index is 15.6. The van der Waals surface area contributed by atoms with E-state index in [1.54, 1.807) is 0 Å². The number of hydrogen-bond acceptors (Lipinski definition) is 0. The molecule has 0 spiro atoms. The fourth-order valence-corrected chi connectivity index (χ4v) is 4.92. The van der Waals surface area contributed by atoms with Crippen molar-refractivity contribution in [1.29, 1.82) is 0 Å². The van der Waals surface area contributed by atoms with Crippen LogP contribution in [0.2, 0.25) is 0 Å². The summed E-state index contributed by atoms with van der Waals surface area (Å²) in [6.45, 7) is 7.02. The van der Waals surface area contributed by atoms with Gasteiger partial charge in [0.25, 0.3) is 0 Å². The largest absolute Gasteiger partial charge is 0.207 e. The summed E-state index contributed by atoms with van der Waals surface area (Å²) in [7, 11) is 0. The highest BCUT2D eigenvalue weighted by Crippen LogP contribution is 2.25. The van der Waals surface area contributed by atoms with Crippen LogP contribution in [-0.2, 0) is 0 Å². The molecule has 0 aliphatic rings. The zero-order valence-electron chi connectivity index (χ0n) is 19.5. The third-order valence-corrected chi connectivity index (χ3v) is 6.65. The zero-order valence-corrected chi connectivity index (χ0v) is 19.5. The van der Waals surface area contributed by atoms with Crippen LogP contribution < -0.4 is 21.9 Å². The highest BCUT2D eigenvalue weighted by atomic mass is 19.2. The molecule has 11 heteroatoms. The second-order valence-corrected chi connectivity index (χ2v) is 8.58. The van der Waals surface area contributed by atoms with Crippen molar-refractivity contribution in [3.05, 3.63) is 131 Å². The second kappa shape index (κ2) is 10.1. The lowest BCUT2D eigenvalue weighted by molar-refractivity contribution is 0.382. The molecule has 0 unspecified atom stereocenters. The van der Waals surface area contributed by atoms with E-state index in [0.29, 0.717) is 0 Å². The van der Waals surface area contributed by atoms with Crippen molar-refractivity contribution in [2.75, 3.05) is 0 Å². The quantitative estimate of drug-likeness (QED) is 0.124. The molecule has 0 aliphatic carbocycles. The van der Waals surface area contributed by atoms with Crippen LogP contribution in [0.1, 0.15) is 11.1 Å². The molecule has 0 saturated heterocycles. The van der Waals surface area contributed by atoms with Gasteiger partial charge in [-0.05, 0) is 11.1 Å². The van der Waals surface area contributed by atoms with Gasteiger partial charge in [-0.15, -0.1) is 10.9 Å². The van der Waals surface area contributed by atoms with E-state index >= 15 is 17.6 Å². The second-order valence-electron chi connectivity index (χ2n) is 8.58. The molecule has 0 bridgehead atoms. The van der Waals surface area contributed by atoms with E-state index in [1.165, 1.54) is 36.4 Å². The van der Waals surface area contributed by atoms with Crippen LogP contribution in [0.3, 0.4) is 0 Å². The SMILES string of the molecule is C=Cc1cccc([B-](c2cccc(C=C)c2)(c2c(F)c(F)c(F)c(F)c2F)c2c(F)c(F)c(F)c(F)c2F)c1. The first kappa shape index (κ1) is 27.8. The van der Waals surface area contributed by atoms with Gasteiger partial charge >= 0.3 is 0 Å². The highest BCUT2D eigenvalue weighted by molar-refractivity contribution is 7.20. The van der Waals surface area contributed by atoms with E-state index in [9.17, 15) is 26.3 Å². The van der Waals surface area contributed by atoms with E-state index in [0.717, 1.165) is 24.3 Å². The van der Waals surface area contributed by atoms with Gasteiger partial charge in [-0.1, -0.05) is 73.8 Å². The summed E-state index contributed by atoms with van der Waals surface area (Å²) in [4.78, 5) is 0. The third-order valence-electron chi connectivity index (χ3n) is 6.65. The Balaban J connectivity index is 2.46. The summed E-state index contributed by atoms with van der Waals surface area (Å²) in [5, 5.41) is 0. The van der Waals surface area contributed by atoms with Gasteiger partial charge in [0.05, 0.1) is 0 Å². The fraction of sp³-hybridized carbons (Fsp3) is 0. The molecule has 4 rings (SSSR count). The van der Waals surface area contributed by atoms with Crippen LogP contribution in [0.5, 0.6) is 0 Å². The van der Waals surface area contributed by atoms with E-state index in [1.807, 2.05) is 0 Å². The summed E-state index contributed by atoms with van der Waals surface area (Å²) >= 11 is 0. The number of rotatable bonds is 6. The molecule has 0 fully saturated rings. The third kappa shape index (κ3) is 4.03. The minimum atomic E-state index is -4.37. The molecule has 39 heavy (non-hydrogen) atoms. The number of halogens is 10. The molecule has 4 aromatic rings. The molecule has 0 aromatic heterocycles. The molecule has 0 nitrogen and oxygen atoms in total. The Bertz CT molecular complexity index is 1480. The van der Waals surface area contributed by atoms with Crippen molar-refractivity contribution in [2.45, 2.75) is 0 Å². The van der Waals surface area contributed by atoms with Crippen molar-refractivity contribution in [1.82, 2.24) is 0 Å². The van der Waals surface area contributed by atoms with E-state index in [-0.39, 0.29) is 11.1 Å². The van der Waals surface area contributed by atoms with E-state index < -0.39 is 86.2 Å². The van der Waals surface area contributed by atoms with Gasteiger partial charge in [0.2, 0.25) is 0 Å². The molecule has 0 N–H and O–H groups in total. The van der Waals surface area contributed by atoms with Crippen LogP contribution in [0.4, 0.5) is 43.9 Å². The highest BCUT2D eigenvalue weighted by Gasteiger charge is 2.45. The van der Waals surface area contributed by atoms with Crippen LogP contribution >= 0.6 is 0 Å². The molecule has 200 valence electrons. The first-order valence-corrected chi connectivity index (χ1v) is 11.1. The smallest absolute Gasteiger partial charge is 0.200 e. The van der Waals surface area contributed by atoms with Crippen molar-refractivity contribution >= 4 is 40.1 Å². The summed E-state index contributed by atoms with van der Waals surface area (Å²) < 4.78 is 149. The maximum absolute atomic E-state index is 15.6.